The van der Waals surface area contributed by atoms with Crippen LogP contribution in [0.4, 0.5) is 4.79 Å². The fourth-order valence-electron chi connectivity index (χ4n) is 1.70. The summed E-state index contributed by atoms with van der Waals surface area (Å²) in [6, 6.07) is 9.56. The van der Waals surface area contributed by atoms with E-state index in [0.717, 1.165) is 10.6 Å². The third kappa shape index (κ3) is 3.54. The molecule has 0 saturated carbocycles. The summed E-state index contributed by atoms with van der Waals surface area (Å²) >= 11 is 1.64. The van der Waals surface area contributed by atoms with Crippen molar-refractivity contribution < 1.29 is 4.79 Å². The number of carbonyl (C=O) groups is 1. The molecule has 0 aliphatic carbocycles. The fraction of sp³-hybridized carbons (Fsp3) is 0.286. The highest BCUT2D eigenvalue weighted by molar-refractivity contribution is 7.09. The molecule has 1 atom stereocenters. The Morgan fingerprint density at radius 1 is 1.42 bits per heavy atom. The van der Waals surface area contributed by atoms with Crippen LogP contribution in [0.5, 0.6) is 0 Å². The van der Waals surface area contributed by atoms with Crippen LogP contribution in [-0.4, -0.2) is 23.0 Å². The van der Waals surface area contributed by atoms with E-state index in [2.05, 4.69) is 10.3 Å². The Labute approximate surface area is 117 Å². The lowest BCUT2D eigenvalue weighted by Crippen LogP contribution is -2.38. The molecule has 0 fully saturated rings. The van der Waals surface area contributed by atoms with E-state index in [4.69, 9.17) is 0 Å². The average Bonchev–Trinajstić information content (AvgIpc) is 2.97. The molecule has 2 amide bonds. The summed E-state index contributed by atoms with van der Waals surface area (Å²) in [5.41, 5.74) is 0.885. The van der Waals surface area contributed by atoms with E-state index < -0.39 is 0 Å². The first-order valence-corrected chi connectivity index (χ1v) is 7.00. The normalized spacial score (nSPS) is 11.9. The smallest absolute Gasteiger partial charge is 0.317 e. The van der Waals surface area contributed by atoms with Gasteiger partial charge < -0.3 is 10.2 Å². The van der Waals surface area contributed by atoms with Crippen molar-refractivity contribution >= 4 is 17.4 Å². The first-order valence-electron chi connectivity index (χ1n) is 6.12. The number of aromatic nitrogens is 1. The van der Waals surface area contributed by atoms with E-state index >= 15 is 0 Å². The Morgan fingerprint density at radius 3 is 2.89 bits per heavy atom. The number of nitrogens with one attached hydrogen (secondary N) is 1. The minimum Gasteiger partial charge on any atom is -0.333 e. The minimum atomic E-state index is -0.0912. The van der Waals surface area contributed by atoms with Gasteiger partial charge in [0.15, 0.2) is 0 Å². The van der Waals surface area contributed by atoms with Crippen LogP contribution in [0.1, 0.15) is 23.5 Å². The van der Waals surface area contributed by atoms with E-state index in [1.54, 1.807) is 29.5 Å². The lowest BCUT2D eigenvalue weighted by atomic mass is 10.2. The van der Waals surface area contributed by atoms with Gasteiger partial charge in [-0.1, -0.05) is 12.1 Å². The van der Waals surface area contributed by atoms with Crippen LogP contribution in [0, 0.1) is 0 Å². The number of hydrogen-bond acceptors (Lipinski definition) is 3. The summed E-state index contributed by atoms with van der Waals surface area (Å²) in [5.74, 6) is 0. The van der Waals surface area contributed by atoms with Crippen LogP contribution < -0.4 is 5.32 Å². The van der Waals surface area contributed by atoms with Crippen molar-refractivity contribution in [3.63, 3.8) is 0 Å². The monoisotopic (exact) mass is 275 g/mol. The van der Waals surface area contributed by atoms with Crippen molar-refractivity contribution in [2.45, 2.75) is 19.5 Å². The zero-order valence-electron chi connectivity index (χ0n) is 11.0. The lowest BCUT2D eigenvalue weighted by molar-refractivity contribution is 0.193. The largest absolute Gasteiger partial charge is 0.333 e. The molecule has 19 heavy (non-hydrogen) atoms. The third-order valence-electron chi connectivity index (χ3n) is 3.01. The second kappa shape index (κ2) is 6.33. The van der Waals surface area contributed by atoms with E-state index in [9.17, 15) is 4.79 Å². The summed E-state index contributed by atoms with van der Waals surface area (Å²) < 4.78 is 0. The van der Waals surface area contributed by atoms with Gasteiger partial charge >= 0.3 is 6.03 Å². The van der Waals surface area contributed by atoms with Crippen LogP contribution in [0.2, 0.25) is 0 Å². The van der Waals surface area contributed by atoms with Crippen LogP contribution in [0.3, 0.4) is 0 Å². The second-order valence-electron chi connectivity index (χ2n) is 4.28. The first kappa shape index (κ1) is 13.5. The molecule has 0 spiro atoms. The lowest BCUT2D eigenvalue weighted by Gasteiger charge is -2.24. The van der Waals surface area contributed by atoms with Gasteiger partial charge in [-0.15, -0.1) is 11.3 Å². The van der Waals surface area contributed by atoms with Gasteiger partial charge in [-0.05, 0) is 30.5 Å². The zero-order valence-corrected chi connectivity index (χ0v) is 11.9. The standard InChI is InChI=1S/C14H17N3OS/c1-11(13-7-3-4-8-15-13)17(2)14(18)16-10-12-6-5-9-19-12/h3-9,11H,10H2,1-2H3,(H,16,18). The Balaban J connectivity index is 1.91. The number of amides is 2. The van der Waals surface area contributed by atoms with Crippen LogP contribution >= 0.6 is 11.3 Å². The summed E-state index contributed by atoms with van der Waals surface area (Å²) in [6.45, 7) is 2.53. The van der Waals surface area contributed by atoms with Crippen molar-refractivity contribution in [2.24, 2.45) is 0 Å². The van der Waals surface area contributed by atoms with Gasteiger partial charge in [0.2, 0.25) is 0 Å². The van der Waals surface area contributed by atoms with Crippen LogP contribution in [0.25, 0.3) is 0 Å². The number of carbonyl (C=O) groups excluding carboxylic acids is 1. The fourth-order valence-corrected chi connectivity index (χ4v) is 2.34. The SMILES string of the molecule is CC(c1ccccn1)N(C)C(=O)NCc1cccs1. The summed E-state index contributed by atoms with van der Waals surface area (Å²) in [4.78, 5) is 19.1. The van der Waals surface area contributed by atoms with Gasteiger partial charge in [-0.2, -0.15) is 0 Å². The van der Waals surface area contributed by atoms with Gasteiger partial charge in [-0.3, -0.25) is 4.98 Å². The van der Waals surface area contributed by atoms with Gasteiger partial charge in [0, 0.05) is 18.1 Å². The molecule has 100 valence electrons. The molecule has 1 N–H and O–H groups in total. The molecular formula is C14H17N3OS. The highest BCUT2D eigenvalue weighted by atomic mass is 32.1. The van der Waals surface area contributed by atoms with Gasteiger partial charge in [-0.25, -0.2) is 4.79 Å². The summed E-state index contributed by atoms with van der Waals surface area (Å²) in [7, 11) is 1.78. The highest BCUT2D eigenvalue weighted by Crippen LogP contribution is 2.16. The third-order valence-corrected chi connectivity index (χ3v) is 3.89. The average molecular weight is 275 g/mol. The Kier molecular flexibility index (Phi) is 4.52. The predicted octanol–water partition coefficient (Wildman–Crippen LogP) is 3.05. The maximum absolute atomic E-state index is 12.0. The van der Waals surface area contributed by atoms with Crippen molar-refractivity contribution in [2.75, 3.05) is 7.05 Å². The highest BCUT2D eigenvalue weighted by Gasteiger charge is 2.17. The first-order chi connectivity index (χ1) is 9.18. The van der Waals surface area contributed by atoms with Crippen LogP contribution in [-0.2, 0) is 6.54 Å². The molecule has 0 saturated heterocycles. The summed E-state index contributed by atoms with van der Waals surface area (Å²) in [5, 5.41) is 4.91. The van der Waals surface area contributed by atoms with E-state index in [0.29, 0.717) is 6.54 Å². The van der Waals surface area contributed by atoms with E-state index in [-0.39, 0.29) is 12.1 Å². The molecule has 1 unspecified atom stereocenters. The molecule has 2 aromatic heterocycles. The molecule has 0 aliphatic heterocycles. The second-order valence-corrected chi connectivity index (χ2v) is 5.31. The van der Waals surface area contributed by atoms with Gasteiger partial charge in [0.1, 0.15) is 0 Å². The summed E-state index contributed by atoms with van der Waals surface area (Å²) in [6.07, 6.45) is 1.74. The topological polar surface area (TPSA) is 45.2 Å². The molecule has 0 bridgehead atoms. The number of rotatable bonds is 4. The Bertz CT molecular complexity index is 513. The van der Waals surface area contributed by atoms with E-state index in [1.165, 1.54) is 0 Å². The zero-order chi connectivity index (χ0) is 13.7. The number of hydrogen-bond donors (Lipinski definition) is 1. The molecule has 0 aromatic carbocycles. The van der Waals surface area contributed by atoms with Gasteiger partial charge in [0.05, 0.1) is 18.3 Å². The molecule has 0 aliphatic rings. The maximum atomic E-state index is 12.0. The Morgan fingerprint density at radius 2 is 2.26 bits per heavy atom. The van der Waals surface area contributed by atoms with Gasteiger partial charge in [0.25, 0.3) is 0 Å². The Hall–Kier alpha value is -1.88. The maximum Gasteiger partial charge on any atom is 0.317 e. The number of urea groups is 1. The van der Waals surface area contributed by atoms with Crippen molar-refractivity contribution in [3.8, 4) is 0 Å². The molecular weight excluding hydrogens is 258 g/mol. The number of nitrogens with zero attached hydrogens (tertiary/aromatic N) is 2. The van der Waals surface area contributed by atoms with Crippen molar-refractivity contribution in [1.82, 2.24) is 15.2 Å². The predicted molar refractivity (Wildman–Crippen MR) is 77.0 cm³/mol. The van der Waals surface area contributed by atoms with Crippen molar-refractivity contribution in [3.05, 3.63) is 52.5 Å². The molecule has 2 heterocycles. The molecule has 4 nitrogen and oxygen atoms in total. The molecule has 2 rings (SSSR count). The van der Waals surface area contributed by atoms with Crippen LogP contribution in [0.15, 0.2) is 41.9 Å². The van der Waals surface area contributed by atoms with Crippen molar-refractivity contribution in [1.29, 1.82) is 0 Å². The molecule has 2 aromatic rings. The minimum absolute atomic E-state index is 0.0514. The number of thiophene rings is 1. The number of pyridine rings is 1. The molecule has 0 radical (unpaired) electrons. The van der Waals surface area contributed by atoms with E-state index in [1.807, 2.05) is 42.6 Å². The quantitative estimate of drug-likeness (QED) is 0.932. The molecule has 5 heteroatoms.